The summed E-state index contributed by atoms with van der Waals surface area (Å²) in [6.45, 7) is 2.49. The Hall–Kier alpha value is -0.300. The van der Waals surface area contributed by atoms with Crippen LogP contribution in [-0.4, -0.2) is 25.8 Å². The van der Waals surface area contributed by atoms with Crippen LogP contribution in [0.15, 0.2) is 0 Å². The molecule has 0 aromatic carbocycles. The third kappa shape index (κ3) is 4.20. The van der Waals surface area contributed by atoms with E-state index < -0.39 is 0 Å². The van der Waals surface area contributed by atoms with Crippen LogP contribution < -0.4 is 5.32 Å². The van der Waals surface area contributed by atoms with Gasteiger partial charge in [0.1, 0.15) is 0 Å². The second-order valence-corrected chi connectivity index (χ2v) is 2.44. The van der Waals surface area contributed by atoms with Gasteiger partial charge in [-0.15, -0.1) is 12.4 Å². The number of nitriles is 1. The van der Waals surface area contributed by atoms with Crippen LogP contribution in [0, 0.1) is 11.3 Å². The minimum Gasteiger partial charge on any atom is -0.380 e. The van der Waals surface area contributed by atoms with Crippen LogP contribution in [0.25, 0.3) is 0 Å². The van der Waals surface area contributed by atoms with Crippen LogP contribution in [0.2, 0.25) is 0 Å². The second kappa shape index (κ2) is 6.41. The molecule has 3 nitrogen and oxygen atoms in total. The van der Waals surface area contributed by atoms with Gasteiger partial charge in [-0.3, -0.25) is 0 Å². The summed E-state index contributed by atoms with van der Waals surface area (Å²) < 4.78 is 5.25. The number of rotatable bonds is 1. The highest BCUT2D eigenvalue weighted by atomic mass is 35.5. The van der Waals surface area contributed by atoms with Crippen LogP contribution in [-0.2, 0) is 4.74 Å². The highest BCUT2D eigenvalue weighted by Gasteiger charge is 2.09. The molecule has 1 aliphatic heterocycles. The molecule has 1 heterocycles. The molecule has 1 rings (SSSR count). The van der Waals surface area contributed by atoms with Crippen LogP contribution in [0.3, 0.4) is 0 Å². The lowest BCUT2D eigenvalue weighted by Crippen LogP contribution is -2.31. The summed E-state index contributed by atoms with van der Waals surface area (Å²) in [4.78, 5) is 0. The minimum atomic E-state index is 0. The second-order valence-electron chi connectivity index (χ2n) is 2.44. The van der Waals surface area contributed by atoms with Gasteiger partial charge in [0.25, 0.3) is 0 Å². The van der Waals surface area contributed by atoms with E-state index in [1.165, 1.54) is 0 Å². The lowest BCUT2D eigenvalue weighted by Gasteiger charge is -2.09. The third-order valence-electron chi connectivity index (χ3n) is 1.56. The minimum absolute atomic E-state index is 0. The molecule has 0 aliphatic carbocycles. The van der Waals surface area contributed by atoms with Crippen LogP contribution in [0.4, 0.5) is 0 Å². The molecule has 1 saturated heterocycles. The van der Waals surface area contributed by atoms with Crippen molar-refractivity contribution in [2.75, 3.05) is 19.8 Å². The summed E-state index contributed by atoms with van der Waals surface area (Å²) in [6.07, 6.45) is 1.61. The van der Waals surface area contributed by atoms with Crippen molar-refractivity contribution in [3.63, 3.8) is 0 Å². The predicted octanol–water partition coefficient (Wildman–Crippen LogP) is 0.700. The average Bonchev–Trinajstić information content (AvgIpc) is 2.17. The van der Waals surface area contributed by atoms with Crippen molar-refractivity contribution in [3.05, 3.63) is 0 Å². The van der Waals surface area contributed by atoms with E-state index in [9.17, 15) is 0 Å². The van der Waals surface area contributed by atoms with Crippen molar-refractivity contribution in [2.45, 2.75) is 18.9 Å². The highest BCUT2D eigenvalue weighted by molar-refractivity contribution is 5.85. The molecule has 0 amide bonds. The van der Waals surface area contributed by atoms with Crippen molar-refractivity contribution in [1.29, 1.82) is 5.26 Å². The molecule has 0 aromatic heterocycles. The first-order valence-electron chi connectivity index (χ1n) is 3.61. The Labute approximate surface area is 73.1 Å². The number of halogens is 1. The fourth-order valence-corrected chi connectivity index (χ4v) is 1.01. The predicted molar refractivity (Wildman–Crippen MR) is 44.7 cm³/mol. The molecule has 0 spiro atoms. The molecular formula is C7H13ClN2O. The fourth-order valence-electron chi connectivity index (χ4n) is 1.01. The van der Waals surface area contributed by atoms with Crippen LogP contribution in [0.5, 0.6) is 0 Å². The lowest BCUT2D eigenvalue weighted by atomic mass is 10.2. The van der Waals surface area contributed by atoms with Crippen molar-refractivity contribution < 1.29 is 4.74 Å². The monoisotopic (exact) mass is 176 g/mol. The van der Waals surface area contributed by atoms with Gasteiger partial charge in [-0.2, -0.15) is 5.26 Å². The van der Waals surface area contributed by atoms with Gasteiger partial charge in [0.05, 0.1) is 19.1 Å². The Morgan fingerprint density at radius 2 is 2.45 bits per heavy atom. The highest BCUT2D eigenvalue weighted by Crippen LogP contribution is 1.97. The maximum absolute atomic E-state index is 8.36. The summed E-state index contributed by atoms with van der Waals surface area (Å²) in [5.74, 6) is 0. The molecule has 0 aromatic rings. The summed E-state index contributed by atoms with van der Waals surface area (Å²) in [5.41, 5.74) is 0. The van der Waals surface area contributed by atoms with E-state index in [1.54, 1.807) is 0 Å². The maximum Gasteiger partial charge on any atom is 0.0639 e. The topological polar surface area (TPSA) is 45.0 Å². The molecule has 0 radical (unpaired) electrons. The molecule has 64 valence electrons. The number of nitrogens with zero attached hydrogens (tertiary/aromatic N) is 1. The Kier molecular flexibility index (Phi) is 6.24. The van der Waals surface area contributed by atoms with E-state index in [0.717, 1.165) is 19.6 Å². The quantitative estimate of drug-likeness (QED) is 0.640. The van der Waals surface area contributed by atoms with E-state index in [4.69, 9.17) is 10.00 Å². The summed E-state index contributed by atoms with van der Waals surface area (Å²) >= 11 is 0. The van der Waals surface area contributed by atoms with Crippen molar-refractivity contribution in [1.82, 2.24) is 5.32 Å². The molecule has 1 N–H and O–H groups in total. The molecule has 0 saturated carbocycles. The standard InChI is InChI=1S/C7H12N2O.ClH/c8-3-2-7-6-10-5-1-4-9-7;/h7,9H,1-2,4-6H2;1H/t7-;/m0./s1. The zero-order chi connectivity index (χ0) is 7.23. The van der Waals surface area contributed by atoms with Crippen molar-refractivity contribution >= 4 is 12.4 Å². The van der Waals surface area contributed by atoms with E-state index >= 15 is 0 Å². The first-order chi connectivity index (χ1) is 4.93. The largest absolute Gasteiger partial charge is 0.380 e. The smallest absolute Gasteiger partial charge is 0.0639 e. The molecule has 11 heavy (non-hydrogen) atoms. The van der Waals surface area contributed by atoms with Gasteiger partial charge in [0.15, 0.2) is 0 Å². The van der Waals surface area contributed by atoms with Gasteiger partial charge in [0, 0.05) is 12.6 Å². The summed E-state index contributed by atoms with van der Waals surface area (Å²) in [6, 6.07) is 2.38. The third-order valence-corrected chi connectivity index (χ3v) is 1.56. The molecule has 4 heteroatoms. The van der Waals surface area contributed by atoms with E-state index in [0.29, 0.717) is 13.0 Å². The van der Waals surface area contributed by atoms with Crippen molar-refractivity contribution in [3.8, 4) is 6.07 Å². The van der Waals surface area contributed by atoms with E-state index in [-0.39, 0.29) is 18.4 Å². The zero-order valence-electron chi connectivity index (χ0n) is 6.38. The molecule has 1 fully saturated rings. The van der Waals surface area contributed by atoms with Gasteiger partial charge in [-0.05, 0) is 13.0 Å². The average molecular weight is 177 g/mol. The summed E-state index contributed by atoms with van der Waals surface area (Å²) in [7, 11) is 0. The molecule has 1 atom stereocenters. The van der Waals surface area contributed by atoms with E-state index in [2.05, 4.69) is 11.4 Å². The van der Waals surface area contributed by atoms with Gasteiger partial charge >= 0.3 is 0 Å². The molecule has 0 bridgehead atoms. The van der Waals surface area contributed by atoms with Crippen molar-refractivity contribution in [2.24, 2.45) is 0 Å². The van der Waals surface area contributed by atoms with Gasteiger partial charge in [0.2, 0.25) is 0 Å². The number of ether oxygens (including phenoxy) is 1. The Bertz CT molecular complexity index is 127. The first-order valence-corrected chi connectivity index (χ1v) is 3.61. The summed E-state index contributed by atoms with van der Waals surface area (Å²) in [5, 5.41) is 11.6. The molecule has 1 aliphatic rings. The van der Waals surface area contributed by atoms with Gasteiger partial charge in [-0.1, -0.05) is 0 Å². The molecular weight excluding hydrogens is 164 g/mol. The normalized spacial score (nSPS) is 24.5. The molecule has 0 unspecified atom stereocenters. The Morgan fingerprint density at radius 1 is 1.64 bits per heavy atom. The first kappa shape index (κ1) is 10.7. The SMILES string of the molecule is Cl.N#CC[C@H]1COCCCN1. The number of hydrogen-bond donors (Lipinski definition) is 1. The maximum atomic E-state index is 8.36. The Morgan fingerprint density at radius 3 is 3.18 bits per heavy atom. The Balaban J connectivity index is 0.000001000. The number of hydrogen-bond acceptors (Lipinski definition) is 3. The fraction of sp³-hybridized carbons (Fsp3) is 0.857. The van der Waals surface area contributed by atoms with Crippen LogP contribution >= 0.6 is 12.4 Å². The lowest BCUT2D eigenvalue weighted by molar-refractivity contribution is 0.132. The van der Waals surface area contributed by atoms with Gasteiger partial charge < -0.3 is 10.1 Å². The zero-order valence-corrected chi connectivity index (χ0v) is 7.19. The van der Waals surface area contributed by atoms with E-state index in [1.807, 2.05) is 0 Å². The van der Waals surface area contributed by atoms with Gasteiger partial charge in [-0.25, -0.2) is 0 Å². The number of nitrogens with one attached hydrogen (secondary N) is 1. The van der Waals surface area contributed by atoms with Crippen LogP contribution in [0.1, 0.15) is 12.8 Å².